The van der Waals surface area contributed by atoms with Crippen molar-refractivity contribution >= 4 is 41.4 Å². The molecule has 0 aromatic carbocycles. The van der Waals surface area contributed by atoms with Crippen molar-refractivity contribution in [2.45, 2.75) is 56.3 Å². The fourth-order valence-corrected chi connectivity index (χ4v) is 3.02. The molecule has 3 amide bonds. The minimum absolute atomic E-state index is 0.125. The van der Waals surface area contributed by atoms with Crippen molar-refractivity contribution in [1.82, 2.24) is 16.0 Å². The van der Waals surface area contributed by atoms with Gasteiger partial charge in [-0.15, -0.1) is 0 Å². The molecule has 0 rings (SSSR count). The van der Waals surface area contributed by atoms with E-state index in [4.69, 9.17) is 16.6 Å². The molecule has 10 N–H and O–H groups in total. The van der Waals surface area contributed by atoms with E-state index in [-0.39, 0.29) is 12.8 Å². The Labute approximate surface area is 190 Å². The van der Waals surface area contributed by atoms with Gasteiger partial charge in [-0.3, -0.25) is 19.2 Å². The van der Waals surface area contributed by atoms with Crippen molar-refractivity contribution in [1.29, 1.82) is 0 Å². The van der Waals surface area contributed by atoms with Crippen LogP contribution >= 0.6 is 11.8 Å². The Balaban J connectivity index is 5.21. The number of hydrogen-bond acceptors (Lipinski definition) is 9. The van der Waals surface area contributed by atoms with Crippen LogP contribution in [0.15, 0.2) is 0 Å². The molecule has 0 aromatic heterocycles. The summed E-state index contributed by atoms with van der Waals surface area (Å²) < 4.78 is 0. The summed E-state index contributed by atoms with van der Waals surface area (Å²) in [6.07, 6.45) is 2.39. The predicted molar refractivity (Wildman–Crippen MR) is 117 cm³/mol. The summed E-state index contributed by atoms with van der Waals surface area (Å²) in [5.74, 6) is -4.66. The number of carboxylic acid groups (broad SMARTS) is 2. The van der Waals surface area contributed by atoms with Crippen LogP contribution in [0.5, 0.6) is 0 Å². The Bertz CT molecular complexity index is 651. The van der Waals surface area contributed by atoms with Crippen molar-refractivity contribution < 1.29 is 39.3 Å². The van der Waals surface area contributed by atoms with Crippen LogP contribution in [0.1, 0.15) is 32.1 Å². The molecule has 0 heterocycles. The molecular weight excluding hydrogens is 446 g/mol. The van der Waals surface area contributed by atoms with Crippen LogP contribution in [-0.2, 0) is 24.0 Å². The molecule has 0 spiro atoms. The maximum absolute atomic E-state index is 12.7. The predicted octanol–water partition coefficient (Wildman–Crippen LogP) is -2.80. The molecule has 0 bridgehead atoms. The van der Waals surface area contributed by atoms with Gasteiger partial charge >= 0.3 is 11.9 Å². The maximum atomic E-state index is 12.7. The Morgan fingerprint density at radius 3 is 1.94 bits per heavy atom. The number of nitrogens with one attached hydrogen (secondary N) is 3. The molecule has 0 radical (unpaired) electrons. The molecule has 0 aliphatic carbocycles. The summed E-state index contributed by atoms with van der Waals surface area (Å²) >= 11 is 1.39. The average Bonchev–Trinajstić information content (AvgIpc) is 2.72. The first kappa shape index (κ1) is 29.6. The van der Waals surface area contributed by atoms with E-state index in [9.17, 15) is 34.2 Å². The summed E-state index contributed by atoms with van der Waals surface area (Å²) in [6.45, 7) is -0.469. The maximum Gasteiger partial charge on any atom is 0.326 e. The third kappa shape index (κ3) is 11.8. The molecule has 0 saturated heterocycles. The SMILES string of the molecule is CSCCC(NC(=O)C(CO)NC(=O)C(CCCCN)NC(=O)C(N)CC(=O)O)C(=O)O. The van der Waals surface area contributed by atoms with Crippen LogP contribution in [0.25, 0.3) is 0 Å². The zero-order valence-corrected chi connectivity index (χ0v) is 18.7. The number of hydrogen-bond donors (Lipinski definition) is 8. The van der Waals surface area contributed by atoms with Crippen LogP contribution in [0.3, 0.4) is 0 Å². The lowest BCUT2D eigenvalue weighted by Crippen LogP contribution is -2.58. The number of aliphatic hydroxyl groups excluding tert-OH is 1. The van der Waals surface area contributed by atoms with Crippen molar-refractivity contribution in [3.63, 3.8) is 0 Å². The van der Waals surface area contributed by atoms with Gasteiger partial charge in [0.25, 0.3) is 0 Å². The second-order valence-electron chi connectivity index (χ2n) is 6.97. The van der Waals surface area contributed by atoms with Gasteiger partial charge in [0.1, 0.15) is 18.1 Å². The molecule has 0 saturated carbocycles. The summed E-state index contributed by atoms with van der Waals surface area (Å²) in [6, 6.07) is -5.21. The first-order chi connectivity index (χ1) is 15.1. The van der Waals surface area contributed by atoms with Gasteiger partial charge in [-0.2, -0.15) is 11.8 Å². The van der Waals surface area contributed by atoms with Crippen LogP contribution in [0.4, 0.5) is 0 Å². The van der Waals surface area contributed by atoms with Crippen molar-refractivity contribution in [3.05, 3.63) is 0 Å². The monoisotopic (exact) mass is 479 g/mol. The van der Waals surface area contributed by atoms with Gasteiger partial charge in [-0.25, -0.2) is 4.79 Å². The lowest BCUT2D eigenvalue weighted by Gasteiger charge is -2.24. The lowest BCUT2D eigenvalue weighted by molar-refractivity contribution is -0.142. The summed E-state index contributed by atoms with van der Waals surface area (Å²) in [7, 11) is 0. The Kier molecular flexibility index (Phi) is 15.0. The highest BCUT2D eigenvalue weighted by molar-refractivity contribution is 7.98. The van der Waals surface area contributed by atoms with E-state index < -0.39 is 66.9 Å². The largest absolute Gasteiger partial charge is 0.481 e. The zero-order valence-electron chi connectivity index (χ0n) is 17.9. The number of carbonyl (C=O) groups is 5. The Morgan fingerprint density at radius 1 is 0.875 bits per heavy atom. The normalized spacial score (nSPS) is 14.5. The van der Waals surface area contributed by atoms with Gasteiger partial charge in [-0.05, 0) is 44.2 Å². The van der Waals surface area contributed by atoms with Gasteiger partial charge in [0.05, 0.1) is 19.1 Å². The number of nitrogens with two attached hydrogens (primary N) is 2. The van der Waals surface area contributed by atoms with E-state index in [0.29, 0.717) is 25.1 Å². The molecule has 184 valence electrons. The quantitative estimate of drug-likeness (QED) is 0.0992. The highest BCUT2D eigenvalue weighted by atomic mass is 32.2. The van der Waals surface area contributed by atoms with E-state index in [1.807, 2.05) is 0 Å². The smallest absolute Gasteiger partial charge is 0.326 e. The van der Waals surface area contributed by atoms with Crippen LogP contribution < -0.4 is 27.4 Å². The zero-order chi connectivity index (χ0) is 24.7. The van der Waals surface area contributed by atoms with Crippen LogP contribution in [0, 0.1) is 0 Å². The van der Waals surface area contributed by atoms with Gasteiger partial charge < -0.3 is 42.7 Å². The van der Waals surface area contributed by atoms with E-state index in [1.165, 1.54) is 11.8 Å². The summed E-state index contributed by atoms with van der Waals surface area (Å²) in [5, 5.41) is 34.4. The number of aliphatic carboxylic acids is 2. The van der Waals surface area contributed by atoms with Crippen molar-refractivity contribution in [3.8, 4) is 0 Å². The average molecular weight is 480 g/mol. The number of carbonyl (C=O) groups excluding carboxylic acids is 3. The minimum atomic E-state index is -1.46. The number of amides is 3. The Morgan fingerprint density at radius 2 is 1.44 bits per heavy atom. The second-order valence-corrected chi connectivity index (χ2v) is 7.96. The first-order valence-corrected chi connectivity index (χ1v) is 11.4. The molecule has 4 unspecified atom stereocenters. The number of aliphatic hydroxyl groups is 1. The fraction of sp³-hybridized carbons (Fsp3) is 0.722. The molecule has 32 heavy (non-hydrogen) atoms. The molecule has 4 atom stereocenters. The van der Waals surface area contributed by atoms with Gasteiger partial charge in [0.15, 0.2) is 0 Å². The molecule has 0 aliphatic rings. The third-order valence-corrected chi connectivity index (χ3v) is 5.00. The first-order valence-electron chi connectivity index (χ1n) is 9.98. The summed E-state index contributed by atoms with van der Waals surface area (Å²) in [5.41, 5.74) is 10.9. The van der Waals surface area contributed by atoms with Crippen molar-refractivity contribution in [2.75, 3.05) is 25.2 Å². The van der Waals surface area contributed by atoms with E-state index >= 15 is 0 Å². The number of thioether (sulfide) groups is 1. The highest BCUT2D eigenvalue weighted by Crippen LogP contribution is 2.04. The van der Waals surface area contributed by atoms with Gasteiger partial charge in [-0.1, -0.05) is 0 Å². The topological polar surface area (TPSA) is 234 Å². The van der Waals surface area contributed by atoms with Gasteiger partial charge in [0, 0.05) is 0 Å². The fourth-order valence-electron chi connectivity index (χ4n) is 2.55. The molecular formula is C18H33N5O8S. The van der Waals surface area contributed by atoms with E-state index in [1.54, 1.807) is 6.26 Å². The lowest BCUT2D eigenvalue weighted by atomic mass is 10.1. The van der Waals surface area contributed by atoms with E-state index in [0.717, 1.165) is 0 Å². The Hall–Kier alpha value is -2.42. The van der Waals surface area contributed by atoms with Crippen LogP contribution in [0.2, 0.25) is 0 Å². The summed E-state index contributed by atoms with van der Waals surface area (Å²) in [4.78, 5) is 59.2. The van der Waals surface area contributed by atoms with Crippen molar-refractivity contribution in [2.24, 2.45) is 11.5 Å². The standard InChI is InChI=1S/C18H33N5O8S/c1-32-7-5-12(18(30)31)22-17(29)13(9-24)23-16(28)11(4-2-3-6-19)21-15(27)10(20)8-14(25)26/h10-13,24H,2-9,19-20H2,1H3,(H,21,27)(H,22,29)(H,23,28)(H,25,26)(H,30,31). The molecule has 13 nitrogen and oxygen atoms in total. The number of carboxylic acids is 2. The van der Waals surface area contributed by atoms with Gasteiger partial charge in [0.2, 0.25) is 17.7 Å². The number of unbranched alkanes of at least 4 members (excludes halogenated alkanes) is 1. The highest BCUT2D eigenvalue weighted by Gasteiger charge is 2.30. The molecule has 0 aromatic rings. The molecule has 14 heteroatoms. The van der Waals surface area contributed by atoms with E-state index in [2.05, 4.69) is 16.0 Å². The second kappa shape index (κ2) is 16.2. The minimum Gasteiger partial charge on any atom is -0.481 e. The van der Waals surface area contributed by atoms with Crippen LogP contribution in [-0.4, -0.2) is 94.3 Å². The molecule has 0 fully saturated rings. The number of rotatable bonds is 17. The molecule has 0 aliphatic heterocycles. The third-order valence-electron chi connectivity index (χ3n) is 4.35.